The normalized spacial score (nSPS) is 21.7. The van der Waals surface area contributed by atoms with Crippen molar-refractivity contribution < 1.29 is 28.3 Å². The van der Waals surface area contributed by atoms with E-state index in [9.17, 15) is 23.2 Å². The van der Waals surface area contributed by atoms with Crippen molar-refractivity contribution in [1.82, 2.24) is 4.90 Å². The van der Waals surface area contributed by atoms with Gasteiger partial charge in [0, 0.05) is 37.8 Å². The molecule has 2 amide bonds. The summed E-state index contributed by atoms with van der Waals surface area (Å²) < 4.78 is 26.7. The number of nitrogens with zero attached hydrogens (tertiary/aromatic N) is 2. The average Bonchev–Trinajstić information content (AvgIpc) is 2.95. The van der Waals surface area contributed by atoms with E-state index in [1.54, 1.807) is 4.90 Å². The first-order chi connectivity index (χ1) is 11.8. The van der Waals surface area contributed by atoms with Gasteiger partial charge in [0.15, 0.2) is 0 Å². The van der Waals surface area contributed by atoms with Crippen LogP contribution in [0.2, 0.25) is 0 Å². The standard InChI is InChI=1S/C17H18F2N2O4/c18-12-6-13(19)8-14(7-12)21-9-11(5-15(21)22)16(23)20-3-1-10(2-4-20)17(24)25/h6-8,10-11H,1-5,9H2,(H,24,25). The molecule has 2 aliphatic heterocycles. The number of halogens is 2. The molecule has 0 aromatic heterocycles. The Kier molecular flexibility index (Phi) is 4.69. The summed E-state index contributed by atoms with van der Waals surface area (Å²) in [4.78, 5) is 38.5. The number of likely N-dealkylation sites (tertiary alicyclic amines) is 1. The molecule has 1 aromatic carbocycles. The number of carboxylic acids is 1. The topological polar surface area (TPSA) is 77.9 Å². The zero-order chi connectivity index (χ0) is 18.1. The molecule has 3 rings (SSSR count). The quantitative estimate of drug-likeness (QED) is 0.897. The number of benzene rings is 1. The third-order valence-corrected chi connectivity index (χ3v) is 4.79. The van der Waals surface area contributed by atoms with Crippen molar-refractivity contribution in [2.45, 2.75) is 19.3 Å². The van der Waals surface area contributed by atoms with Gasteiger partial charge >= 0.3 is 5.97 Å². The molecule has 134 valence electrons. The van der Waals surface area contributed by atoms with Crippen molar-refractivity contribution in [3.63, 3.8) is 0 Å². The molecule has 8 heteroatoms. The average molecular weight is 352 g/mol. The fourth-order valence-electron chi connectivity index (χ4n) is 3.42. The Labute approximate surface area is 143 Å². The maximum absolute atomic E-state index is 13.4. The monoisotopic (exact) mass is 352 g/mol. The number of rotatable bonds is 3. The van der Waals surface area contributed by atoms with E-state index in [0.717, 1.165) is 18.2 Å². The molecule has 0 aliphatic carbocycles. The van der Waals surface area contributed by atoms with Gasteiger partial charge in [0.25, 0.3) is 0 Å². The minimum Gasteiger partial charge on any atom is -0.481 e. The first kappa shape index (κ1) is 17.3. The van der Waals surface area contributed by atoms with E-state index in [0.29, 0.717) is 25.9 Å². The lowest BCUT2D eigenvalue weighted by Gasteiger charge is -2.31. The summed E-state index contributed by atoms with van der Waals surface area (Å²) >= 11 is 0. The molecule has 0 radical (unpaired) electrons. The van der Waals surface area contributed by atoms with Crippen LogP contribution in [0.1, 0.15) is 19.3 Å². The number of hydrogen-bond donors (Lipinski definition) is 1. The molecule has 1 atom stereocenters. The van der Waals surface area contributed by atoms with Crippen LogP contribution in [0.3, 0.4) is 0 Å². The largest absolute Gasteiger partial charge is 0.481 e. The first-order valence-corrected chi connectivity index (χ1v) is 8.13. The van der Waals surface area contributed by atoms with Crippen molar-refractivity contribution in [1.29, 1.82) is 0 Å². The Morgan fingerprint density at radius 2 is 1.64 bits per heavy atom. The molecule has 2 aliphatic rings. The van der Waals surface area contributed by atoms with Gasteiger partial charge in [0.05, 0.1) is 11.8 Å². The fraction of sp³-hybridized carbons (Fsp3) is 0.471. The SMILES string of the molecule is O=C(O)C1CCN(C(=O)C2CC(=O)N(c3cc(F)cc(F)c3)C2)CC1. The van der Waals surface area contributed by atoms with Crippen LogP contribution in [0.15, 0.2) is 18.2 Å². The molecule has 1 unspecified atom stereocenters. The highest BCUT2D eigenvalue weighted by molar-refractivity contribution is 6.00. The number of hydrogen-bond acceptors (Lipinski definition) is 3. The highest BCUT2D eigenvalue weighted by Crippen LogP contribution is 2.29. The molecule has 6 nitrogen and oxygen atoms in total. The van der Waals surface area contributed by atoms with Crippen LogP contribution in [0, 0.1) is 23.5 Å². The van der Waals surface area contributed by atoms with E-state index in [1.165, 1.54) is 4.90 Å². The second-order valence-corrected chi connectivity index (χ2v) is 6.47. The number of carbonyl (C=O) groups is 3. The molecular weight excluding hydrogens is 334 g/mol. The maximum atomic E-state index is 13.4. The summed E-state index contributed by atoms with van der Waals surface area (Å²) in [5.74, 6) is -4.02. The summed E-state index contributed by atoms with van der Waals surface area (Å²) in [6.45, 7) is 0.754. The van der Waals surface area contributed by atoms with E-state index in [-0.39, 0.29) is 30.5 Å². The summed E-state index contributed by atoms with van der Waals surface area (Å²) in [6, 6.07) is 2.84. The second-order valence-electron chi connectivity index (χ2n) is 6.47. The van der Waals surface area contributed by atoms with E-state index < -0.39 is 29.4 Å². The maximum Gasteiger partial charge on any atom is 0.306 e. The number of anilines is 1. The van der Waals surface area contributed by atoms with Gasteiger partial charge in [-0.15, -0.1) is 0 Å². The number of aliphatic carboxylic acids is 1. The highest BCUT2D eigenvalue weighted by atomic mass is 19.1. The summed E-state index contributed by atoms with van der Waals surface area (Å²) in [7, 11) is 0. The Bertz CT molecular complexity index is 696. The Balaban J connectivity index is 1.66. The molecule has 0 saturated carbocycles. The molecule has 2 fully saturated rings. The van der Waals surface area contributed by atoms with E-state index in [2.05, 4.69) is 0 Å². The lowest BCUT2D eigenvalue weighted by molar-refractivity contribution is -0.146. The lowest BCUT2D eigenvalue weighted by Crippen LogP contribution is -2.43. The van der Waals surface area contributed by atoms with Crippen molar-refractivity contribution in [3.05, 3.63) is 29.8 Å². The van der Waals surface area contributed by atoms with Crippen LogP contribution in [0.25, 0.3) is 0 Å². The Morgan fingerprint density at radius 3 is 2.20 bits per heavy atom. The molecule has 2 heterocycles. The van der Waals surface area contributed by atoms with E-state index in [1.807, 2.05) is 0 Å². The predicted molar refractivity (Wildman–Crippen MR) is 83.8 cm³/mol. The van der Waals surface area contributed by atoms with Crippen LogP contribution < -0.4 is 4.90 Å². The van der Waals surface area contributed by atoms with Gasteiger partial charge in [-0.3, -0.25) is 14.4 Å². The minimum atomic E-state index is -0.859. The summed E-state index contributed by atoms with van der Waals surface area (Å²) in [5.41, 5.74) is 0.0994. The van der Waals surface area contributed by atoms with Gasteiger partial charge in [0.2, 0.25) is 11.8 Å². The first-order valence-electron chi connectivity index (χ1n) is 8.13. The van der Waals surface area contributed by atoms with Gasteiger partial charge in [-0.1, -0.05) is 0 Å². The molecule has 0 spiro atoms. The van der Waals surface area contributed by atoms with Crippen molar-refractivity contribution in [3.8, 4) is 0 Å². The summed E-state index contributed by atoms with van der Waals surface area (Å²) in [6.07, 6.45) is 0.761. The van der Waals surface area contributed by atoms with Crippen LogP contribution >= 0.6 is 0 Å². The van der Waals surface area contributed by atoms with Crippen LogP contribution in [0.4, 0.5) is 14.5 Å². The Morgan fingerprint density at radius 1 is 1.04 bits per heavy atom. The zero-order valence-electron chi connectivity index (χ0n) is 13.5. The Hall–Kier alpha value is -2.51. The lowest BCUT2D eigenvalue weighted by atomic mass is 9.95. The predicted octanol–water partition coefficient (Wildman–Crippen LogP) is 1.64. The molecule has 25 heavy (non-hydrogen) atoms. The van der Waals surface area contributed by atoms with Crippen molar-refractivity contribution >= 4 is 23.5 Å². The van der Waals surface area contributed by atoms with E-state index >= 15 is 0 Å². The van der Waals surface area contributed by atoms with Crippen LogP contribution in [0.5, 0.6) is 0 Å². The van der Waals surface area contributed by atoms with Gasteiger partial charge < -0.3 is 14.9 Å². The molecule has 1 N–H and O–H groups in total. The second kappa shape index (κ2) is 6.78. The third kappa shape index (κ3) is 3.62. The van der Waals surface area contributed by atoms with Crippen LogP contribution in [-0.4, -0.2) is 47.4 Å². The van der Waals surface area contributed by atoms with E-state index in [4.69, 9.17) is 5.11 Å². The minimum absolute atomic E-state index is 0.0180. The van der Waals surface area contributed by atoms with Gasteiger partial charge in [-0.05, 0) is 25.0 Å². The molecule has 0 bridgehead atoms. The number of piperidine rings is 1. The van der Waals surface area contributed by atoms with Crippen molar-refractivity contribution in [2.75, 3.05) is 24.5 Å². The smallest absolute Gasteiger partial charge is 0.306 e. The molecule has 1 aromatic rings. The number of amides is 2. The third-order valence-electron chi connectivity index (χ3n) is 4.79. The zero-order valence-corrected chi connectivity index (χ0v) is 13.5. The molecular formula is C17H18F2N2O4. The number of carboxylic acid groups (broad SMARTS) is 1. The van der Waals surface area contributed by atoms with Crippen LogP contribution in [-0.2, 0) is 14.4 Å². The highest BCUT2D eigenvalue weighted by Gasteiger charge is 2.38. The molecule has 2 saturated heterocycles. The van der Waals surface area contributed by atoms with Gasteiger partial charge in [-0.2, -0.15) is 0 Å². The van der Waals surface area contributed by atoms with Gasteiger partial charge in [-0.25, -0.2) is 8.78 Å². The fourth-order valence-corrected chi connectivity index (χ4v) is 3.42. The van der Waals surface area contributed by atoms with Crippen molar-refractivity contribution in [2.24, 2.45) is 11.8 Å². The summed E-state index contributed by atoms with van der Waals surface area (Å²) in [5, 5.41) is 9.00. The van der Waals surface area contributed by atoms with Gasteiger partial charge in [0.1, 0.15) is 11.6 Å². The number of carbonyl (C=O) groups excluding carboxylic acids is 2.